The van der Waals surface area contributed by atoms with Gasteiger partial charge in [-0.1, -0.05) is 19.1 Å². The Hall–Kier alpha value is -2.47. The number of rotatable bonds is 4. The average molecular weight is 357 g/mol. The molecule has 0 bridgehead atoms. The molecule has 2 heterocycles. The Labute approximate surface area is 150 Å². The van der Waals surface area contributed by atoms with Gasteiger partial charge in [0.1, 0.15) is 5.76 Å². The van der Waals surface area contributed by atoms with Crippen LogP contribution in [0.15, 0.2) is 58.1 Å². The highest BCUT2D eigenvalue weighted by atomic mass is 32.2. The minimum absolute atomic E-state index is 0.220. The smallest absolute Gasteiger partial charge is 0.331 e. The van der Waals surface area contributed by atoms with Crippen LogP contribution in [-0.4, -0.2) is 30.3 Å². The van der Waals surface area contributed by atoms with Crippen molar-refractivity contribution in [1.29, 1.82) is 0 Å². The van der Waals surface area contributed by atoms with Crippen molar-refractivity contribution in [2.75, 3.05) is 18.1 Å². The summed E-state index contributed by atoms with van der Waals surface area (Å²) >= 11 is 1.76. The first kappa shape index (κ1) is 17.4. The number of hydrogen-bond acceptors (Lipinski definition) is 5. The van der Waals surface area contributed by atoms with Gasteiger partial charge in [0.15, 0.2) is 6.61 Å². The maximum atomic E-state index is 12.6. The molecule has 6 heteroatoms. The van der Waals surface area contributed by atoms with Crippen LogP contribution in [0.4, 0.5) is 5.69 Å². The summed E-state index contributed by atoms with van der Waals surface area (Å²) in [6.07, 6.45) is 5.16. The number of nitrogens with zero attached hydrogens (tertiary/aromatic N) is 1. The van der Waals surface area contributed by atoms with E-state index in [0.29, 0.717) is 17.6 Å². The van der Waals surface area contributed by atoms with Crippen LogP contribution in [0.25, 0.3) is 6.08 Å². The molecule has 1 aromatic carbocycles. The normalized spacial score (nSPS) is 17.2. The van der Waals surface area contributed by atoms with Gasteiger partial charge in [-0.25, -0.2) is 4.79 Å². The summed E-state index contributed by atoms with van der Waals surface area (Å²) in [5.74, 6) is -0.242. The second kappa shape index (κ2) is 8.07. The lowest BCUT2D eigenvalue weighted by Gasteiger charge is -2.22. The van der Waals surface area contributed by atoms with Gasteiger partial charge in [0, 0.05) is 22.8 Å². The maximum Gasteiger partial charge on any atom is 0.331 e. The molecule has 3 rings (SSSR count). The molecule has 2 aromatic rings. The molecule has 0 saturated heterocycles. The van der Waals surface area contributed by atoms with Crippen molar-refractivity contribution in [3.63, 3.8) is 0 Å². The third-order valence-electron chi connectivity index (χ3n) is 3.81. The van der Waals surface area contributed by atoms with Gasteiger partial charge in [-0.05, 0) is 36.8 Å². The first-order chi connectivity index (χ1) is 12.1. The van der Waals surface area contributed by atoms with Crippen LogP contribution >= 0.6 is 11.8 Å². The zero-order chi connectivity index (χ0) is 17.6. The van der Waals surface area contributed by atoms with E-state index in [4.69, 9.17) is 9.15 Å². The number of amides is 1. The van der Waals surface area contributed by atoms with Gasteiger partial charge in [0.05, 0.1) is 12.0 Å². The van der Waals surface area contributed by atoms with Crippen LogP contribution in [0.3, 0.4) is 0 Å². The Balaban J connectivity index is 1.62. The summed E-state index contributed by atoms with van der Waals surface area (Å²) in [6.45, 7) is 2.48. The van der Waals surface area contributed by atoms with Gasteiger partial charge in [-0.15, -0.1) is 11.8 Å². The van der Waals surface area contributed by atoms with Gasteiger partial charge in [-0.2, -0.15) is 0 Å². The van der Waals surface area contributed by atoms with Gasteiger partial charge >= 0.3 is 5.97 Å². The molecule has 1 aliphatic rings. The Morgan fingerprint density at radius 2 is 2.16 bits per heavy atom. The molecule has 1 atom stereocenters. The second-order valence-corrected chi connectivity index (χ2v) is 7.17. The van der Waals surface area contributed by atoms with E-state index in [1.807, 2.05) is 24.3 Å². The highest BCUT2D eigenvalue weighted by Gasteiger charge is 2.24. The summed E-state index contributed by atoms with van der Waals surface area (Å²) < 4.78 is 10.2. The van der Waals surface area contributed by atoms with E-state index in [9.17, 15) is 9.59 Å². The molecule has 1 aliphatic heterocycles. The summed E-state index contributed by atoms with van der Waals surface area (Å²) in [5.41, 5.74) is 0.879. The number of thioether (sulfide) groups is 1. The number of anilines is 1. The lowest BCUT2D eigenvalue weighted by molar-refractivity contribution is -0.142. The number of hydrogen-bond donors (Lipinski definition) is 0. The molecule has 0 fully saturated rings. The molecule has 130 valence electrons. The van der Waals surface area contributed by atoms with E-state index in [1.54, 1.807) is 28.8 Å². The molecule has 25 heavy (non-hydrogen) atoms. The van der Waals surface area contributed by atoms with Crippen molar-refractivity contribution in [3.05, 3.63) is 54.5 Å². The van der Waals surface area contributed by atoms with E-state index >= 15 is 0 Å². The molecular weight excluding hydrogens is 338 g/mol. The highest BCUT2D eigenvalue weighted by molar-refractivity contribution is 8.00. The molecule has 0 saturated carbocycles. The Morgan fingerprint density at radius 1 is 1.32 bits per heavy atom. The Morgan fingerprint density at radius 3 is 2.96 bits per heavy atom. The van der Waals surface area contributed by atoms with Crippen LogP contribution < -0.4 is 4.90 Å². The lowest BCUT2D eigenvalue weighted by Crippen LogP contribution is -2.35. The predicted molar refractivity (Wildman–Crippen MR) is 97.4 cm³/mol. The summed E-state index contributed by atoms with van der Waals surface area (Å²) in [7, 11) is 0. The molecular formula is C19H19NO4S. The molecule has 1 amide bonds. The van der Waals surface area contributed by atoms with Crippen molar-refractivity contribution >= 4 is 35.4 Å². The second-order valence-electron chi connectivity index (χ2n) is 5.69. The number of furan rings is 1. The number of carbonyl (C=O) groups is 2. The van der Waals surface area contributed by atoms with Crippen molar-refractivity contribution in [2.45, 2.75) is 23.5 Å². The van der Waals surface area contributed by atoms with Crippen LogP contribution in [0.1, 0.15) is 19.1 Å². The number of ether oxygens (including phenoxy) is 1. The molecule has 0 radical (unpaired) electrons. The number of fused-ring (bicyclic) bond motifs is 1. The first-order valence-corrected chi connectivity index (χ1v) is 8.96. The minimum atomic E-state index is -0.574. The third kappa shape index (κ3) is 4.54. The van der Waals surface area contributed by atoms with E-state index in [-0.39, 0.29) is 12.5 Å². The van der Waals surface area contributed by atoms with E-state index in [1.165, 1.54) is 18.4 Å². The molecule has 5 nitrogen and oxygen atoms in total. The number of carbonyl (C=O) groups excluding carboxylic acids is 2. The largest absolute Gasteiger partial charge is 0.465 e. The van der Waals surface area contributed by atoms with Crippen LogP contribution in [0.2, 0.25) is 0 Å². The monoisotopic (exact) mass is 357 g/mol. The van der Waals surface area contributed by atoms with Gasteiger partial charge in [0.25, 0.3) is 5.91 Å². The third-order valence-corrected chi connectivity index (χ3v) is 5.05. The average Bonchev–Trinajstić information content (AvgIpc) is 3.07. The summed E-state index contributed by atoms with van der Waals surface area (Å²) in [5, 5.41) is 0.428. The molecule has 1 aromatic heterocycles. The molecule has 0 N–H and O–H groups in total. The van der Waals surface area contributed by atoms with Gasteiger partial charge < -0.3 is 14.1 Å². The summed E-state index contributed by atoms with van der Waals surface area (Å²) in [4.78, 5) is 27.1. The standard InChI is InChI=1S/C19H19NO4S/c1-14-10-11-20(16-6-2-3-7-17(16)25-14)18(21)13-24-19(22)9-8-15-5-4-12-23-15/h2-9,12,14H,10-11,13H2,1H3/b9-8+/t14-/m0/s1. The van der Waals surface area contributed by atoms with Crippen molar-refractivity contribution in [3.8, 4) is 0 Å². The van der Waals surface area contributed by atoms with Gasteiger partial charge in [-0.3, -0.25) is 4.79 Å². The number of benzene rings is 1. The van der Waals surface area contributed by atoms with Gasteiger partial charge in [0.2, 0.25) is 0 Å². The fourth-order valence-electron chi connectivity index (χ4n) is 2.54. The first-order valence-electron chi connectivity index (χ1n) is 8.08. The lowest BCUT2D eigenvalue weighted by atomic mass is 10.2. The molecule has 0 unspecified atom stereocenters. The zero-order valence-corrected chi connectivity index (χ0v) is 14.7. The number of esters is 1. The SMILES string of the molecule is C[C@H]1CCN(C(=O)COC(=O)/C=C/c2ccco2)c2ccccc2S1. The molecule has 0 aliphatic carbocycles. The van der Waals surface area contributed by atoms with Crippen LogP contribution in [0.5, 0.6) is 0 Å². The topological polar surface area (TPSA) is 59.8 Å². The quantitative estimate of drug-likeness (QED) is 0.616. The summed E-state index contributed by atoms with van der Waals surface area (Å²) in [6, 6.07) is 11.3. The minimum Gasteiger partial charge on any atom is -0.465 e. The van der Waals surface area contributed by atoms with E-state index < -0.39 is 5.97 Å². The maximum absolute atomic E-state index is 12.6. The van der Waals surface area contributed by atoms with Crippen LogP contribution in [-0.2, 0) is 14.3 Å². The molecule has 0 spiro atoms. The van der Waals surface area contributed by atoms with Crippen LogP contribution in [0, 0.1) is 0 Å². The Kier molecular flexibility index (Phi) is 5.60. The fourth-order valence-corrected chi connectivity index (χ4v) is 3.65. The Bertz CT molecular complexity index is 769. The highest BCUT2D eigenvalue weighted by Crippen LogP contribution is 2.37. The fraction of sp³-hybridized carbons (Fsp3) is 0.263. The van der Waals surface area contributed by atoms with Crippen molar-refractivity contribution in [1.82, 2.24) is 0 Å². The zero-order valence-electron chi connectivity index (χ0n) is 13.9. The van der Waals surface area contributed by atoms with Crippen molar-refractivity contribution in [2.24, 2.45) is 0 Å². The van der Waals surface area contributed by atoms with E-state index in [2.05, 4.69) is 6.92 Å². The van der Waals surface area contributed by atoms with E-state index in [0.717, 1.165) is 17.0 Å². The predicted octanol–water partition coefficient (Wildman–Crippen LogP) is 3.75. The number of para-hydroxylation sites is 1. The van der Waals surface area contributed by atoms with Crippen molar-refractivity contribution < 1.29 is 18.7 Å².